The maximum Gasteiger partial charge on any atom is 0.288 e. The lowest BCUT2D eigenvalue weighted by Crippen LogP contribution is -2.32. The molecule has 0 radical (unpaired) electrons. The van der Waals surface area contributed by atoms with E-state index in [0.29, 0.717) is 6.54 Å². The first-order valence-electron chi connectivity index (χ1n) is 9.04. The maximum atomic E-state index is 11.6. The summed E-state index contributed by atoms with van der Waals surface area (Å²) in [5.74, 6) is 0.422. The number of aliphatic hydroxyl groups is 1. The number of carbonyl (C=O) groups is 2. The van der Waals surface area contributed by atoms with Crippen LogP contribution in [0.15, 0.2) is 54.6 Å². The highest BCUT2D eigenvalue weighted by atomic mass is 32.2. The molecule has 7 nitrogen and oxygen atoms in total. The number of ether oxygens (including phenoxy) is 1. The van der Waals surface area contributed by atoms with E-state index in [1.807, 2.05) is 54.6 Å². The van der Waals surface area contributed by atoms with Gasteiger partial charge in [0, 0.05) is 12.2 Å². The van der Waals surface area contributed by atoms with Gasteiger partial charge in [-0.05, 0) is 54.6 Å². The zero-order valence-corrected chi connectivity index (χ0v) is 16.1. The Morgan fingerprint density at radius 2 is 1.86 bits per heavy atom. The van der Waals surface area contributed by atoms with Crippen molar-refractivity contribution in [2.24, 2.45) is 0 Å². The predicted octanol–water partition coefficient (Wildman–Crippen LogP) is 1.98. The summed E-state index contributed by atoms with van der Waals surface area (Å²) in [5, 5.41) is 17.5. The molecule has 0 bridgehead atoms. The summed E-state index contributed by atoms with van der Waals surface area (Å²) in [6.45, 7) is 1.42. The van der Waals surface area contributed by atoms with Gasteiger partial charge in [-0.1, -0.05) is 30.3 Å². The van der Waals surface area contributed by atoms with E-state index < -0.39 is 11.5 Å². The zero-order valence-electron chi connectivity index (χ0n) is 15.3. The van der Waals surface area contributed by atoms with Crippen LogP contribution < -0.4 is 20.7 Å². The van der Waals surface area contributed by atoms with Crippen molar-refractivity contribution >= 4 is 28.6 Å². The fraction of sp³-hybridized carbons (Fsp3) is 0.300. The van der Waals surface area contributed by atoms with Crippen LogP contribution >= 0.6 is 11.8 Å². The summed E-state index contributed by atoms with van der Waals surface area (Å²) in [4.78, 5) is 22.7. The minimum atomic E-state index is -0.584. The summed E-state index contributed by atoms with van der Waals surface area (Å²) < 4.78 is 5.52. The van der Waals surface area contributed by atoms with E-state index in [1.165, 1.54) is 0 Å². The monoisotopic (exact) mass is 401 g/mol. The second kappa shape index (κ2) is 10.1. The first-order chi connectivity index (χ1) is 13.6. The van der Waals surface area contributed by atoms with Crippen molar-refractivity contribution in [2.45, 2.75) is 17.9 Å². The van der Waals surface area contributed by atoms with Crippen molar-refractivity contribution in [3.05, 3.63) is 60.2 Å². The number of hydrogen-bond acceptors (Lipinski definition) is 7. The molecule has 28 heavy (non-hydrogen) atoms. The molecule has 4 N–H and O–H groups in total. The Balaban J connectivity index is 1.32. The van der Waals surface area contributed by atoms with E-state index >= 15 is 0 Å². The second-order valence-electron chi connectivity index (χ2n) is 6.35. The van der Waals surface area contributed by atoms with Crippen LogP contribution in [-0.2, 0) is 11.2 Å². The molecule has 1 fully saturated rings. The molecule has 148 valence electrons. The Morgan fingerprint density at radius 1 is 1.11 bits per heavy atom. The number of benzene rings is 2. The summed E-state index contributed by atoms with van der Waals surface area (Å²) in [6, 6.07) is 17.1. The molecular weight excluding hydrogens is 378 g/mol. The van der Waals surface area contributed by atoms with E-state index in [0.717, 1.165) is 41.7 Å². The minimum Gasteiger partial charge on any atom is -0.491 e. The van der Waals surface area contributed by atoms with Gasteiger partial charge in [-0.2, -0.15) is 0 Å². The van der Waals surface area contributed by atoms with E-state index in [4.69, 9.17) is 4.74 Å². The van der Waals surface area contributed by atoms with Crippen LogP contribution in [0, 0.1) is 0 Å². The molecule has 3 rings (SSSR count). The lowest BCUT2D eigenvalue weighted by atomic mass is 10.1. The Kier molecular flexibility index (Phi) is 7.30. The van der Waals surface area contributed by atoms with Gasteiger partial charge in [0.05, 0.1) is 0 Å². The van der Waals surface area contributed by atoms with Crippen molar-refractivity contribution < 1.29 is 19.4 Å². The Hall–Kier alpha value is -2.55. The molecule has 2 amide bonds. The van der Waals surface area contributed by atoms with Crippen LogP contribution in [-0.4, -0.2) is 47.4 Å². The average molecular weight is 401 g/mol. The standard InChI is InChI=1S/C20H23N3O4S/c24-16(13-27-17-4-2-1-3-5-17)12-21-11-10-14-6-8-15(9-7-14)22-19-18(25)23-20(26)28-19/h1-9,16,19,21-22,24H,10-13H2,(H,23,25,26)/t16-,19?/m0/s1. The van der Waals surface area contributed by atoms with Crippen LogP contribution in [0.25, 0.3) is 0 Å². The SMILES string of the molecule is O=C1NC(=O)C(Nc2ccc(CCNC[C@H](O)COc3ccccc3)cc2)S1. The molecule has 2 aromatic rings. The minimum absolute atomic E-state index is 0.243. The Bertz CT molecular complexity index is 786. The normalized spacial score (nSPS) is 17.2. The van der Waals surface area contributed by atoms with Crippen LogP contribution in [0.5, 0.6) is 5.75 Å². The van der Waals surface area contributed by atoms with Gasteiger partial charge >= 0.3 is 0 Å². The number of aliphatic hydroxyl groups excluding tert-OH is 1. The Morgan fingerprint density at radius 3 is 2.54 bits per heavy atom. The van der Waals surface area contributed by atoms with Gasteiger partial charge in [-0.3, -0.25) is 14.9 Å². The van der Waals surface area contributed by atoms with Crippen molar-refractivity contribution in [3.63, 3.8) is 0 Å². The molecule has 1 unspecified atom stereocenters. The molecule has 0 aromatic heterocycles. The van der Waals surface area contributed by atoms with Crippen molar-refractivity contribution in [1.82, 2.24) is 10.6 Å². The largest absolute Gasteiger partial charge is 0.491 e. The molecule has 1 aliphatic heterocycles. The van der Waals surface area contributed by atoms with Gasteiger partial charge < -0.3 is 20.5 Å². The smallest absolute Gasteiger partial charge is 0.288 e. The molecule has 2 atom stereocenters. The molecule has 0 saturated carbocycles. The van der Waals surface area contributed by atoms with Crippen LogP contribution in [0.2, 0.25) is 0 Å². The number of imide groups is 1. The number of rotatable bonds is 10. The van der Waals surface area contributed by atoms with Crippen LogP contribution in [0.1, 0.15) is 5.56 Å². The van der Waals surface area contributed by atoms with E-state index in [-0.39, 0.29) is 17.8 Å². The van der Waals surface area contributed by atoms with Crippen molar-refractivity contribution in [1.29, 1.82) is 0 Å². The topological polar surface area (TPSA) is 99.7 Å². The fourth-order valence-corrected chi connectivity index (χ4v) is 3.37. The number of para-hydroxylation sites is 1. The van der Waals surface area contributed by atoms with E-state index in [9.17, 15) is 14.7 Å². The highest BCUT2D eigenvalue weighted by Crippen LogP contribution is 2.21. The number of nitrogens with one attached hydrogen (secondary N) is 3. The molecule has 8 heteroatoms. The third-order valence-electron chi connectivity index (χ3n) is 4.10. The Labute approximate surface area is 167 Å². The van der Waals surface area contributed by atoms with E-state index in [1.54, 1.807) is 0 Å². The second-order valence-corrected chi connectivity index (χ2v) is 7.43. The first-order valence-corrected chi connectivity index (χ1v) is 9.92. The number of hydrogen-bond donors (Lipinski definition) is 4. The van der Waals surface area contributed by atoms with Gasteiger partial charge in [0.25, 0.3) is 11.1 Å². The van der Waals surface area contributed by atoms with E-state index in [2.05, 4.69) is 16.0 Å². The summed E-state index contributed by atoms with van der Waals surface area (Å²) in [5.41, 5.74) is 1.92. The number of amides is 2. The quantitative estimate of drug-likeness (QED) is 0.452. The van der Waals surface area contributed by atoms with Crippen molar-refractivity contribution in [3.8, 4) is 5.75 Å². The van der Waals surface area contributed by atoms with Crippen molar-refractivity contribution in [2.75, 3.05) is 25.0 Å². The molecule has 0 aliphatic carbocycles. The lowest BCUT2D eigenvalue weighted by Gasteiger charge is -2.13. The first kappa shape index (κ1) is 20.2. The highest BCUT2D eigenvalue weighted by Gasteiger charge is 2.31. The summed E-state index contributed by atoms with van der Waals surface area (Å²) in [7, 11) is 0. The molecule has 2 aromatic carbocycles. The molecule has 1 aliphatic rings. The molecule has 1 heterocycles. The highest BCUT2D eigenvalue weighted by molar-refractivity contribution is 8.15. The number of anilines is 1. The maximum absolute atomic E-state index is 11.6. The molecule has 1 saturated heterocycles. The summed E-state index contributed by atoms with van der Waals surface area (Å²) in [6.07, 6.45) is 0.230. The number of thioether (sulfide) groups is 1. The van der Waals surface area contributed by atoms with Crippen LogP contribution in [0.3, 0.4) is 0 Å². The van der Waals surface area contributed by atoms with Gasteiger partial charge in [0.2, 0.25) is 0 Å². The summed E-state index contributed by atoms with van der Waals surface area (Å²) >= 11 is 0.940. The molecule has 0 spiro atoms. The van der Waals surface area contributed by atoms with Gasteiger partial charge in [0.15, 0.2) is 5.37 Å². The van der Waals surface area contributed by atoms with Gasteiger partial charge in [-0.25, -0.2) is 0 Å². The molecular formula is C20H23N3O4S. The zero-order chi connectivity index (χ0) is 19.8. The fourth-order valence-electron chi connectivity index (χ4n) is 2.64. The third kappa shape index (κ3) is 6.26. The third-order valence-corrected chi connectivity index (χ3v) is 4.98. The predicted molar refractivity (Wildman–Crippen MR) is 109 cm³/mol. The van der Waals surface area contributed by atoms with Gasteiger partial charge in [-0.15, -0.1) is 0 Å². The lowest BCUT2D eigenvalue weighted by molar-refractivity contribution is -0.118. The van der Waals surface area contributed by atoms with Crippen LogP contribution in [0.4, 0.5) is 10.5 Å². The van der Waals surface area contributed by atoms with Gasteiger partial charge in [0.1, 0.15) is 18.5 Å². The number of carbonyl (C=O) groups excluding carboxylic acids is 2. The average Bonchev–Trinajstić information content (AvgIpc) is 3.02.